The van der Waals surface area contributed by atoms with E-state index in [0.29, 0.717) is 55.3 Å². The Morgan fingerprint density at radius 2 is 2.00 bits per heavy atom. The summed E-state index contributed by atoms with van der Waals surface area (Å²) in [6.07, 6.45) is 2.26. The third-order valence-corrected chi connectivity index (χ3v) is 7.97. The summed E-state index contributed by atoms with van der Waals surface area (Å²) < 4.78 is 1.64. The van der Waals surface area contributed by atoms with E-state index in [4.69, 9.17) is 23.2 Å². The van der Waals surface area contributed by atoms with Crippen molar-refractivity contribution in [3.05, 3.63) is 69.0 Å². The van der Waals surface area contributed by atoms with Crippen LogP contribution in [0.1, 0.15) is 38.4 Å². The number of nitrogens with zero attached hydrogens (tertiary/aromatic N) is 5. The van der Waals surface area contributed by atoms with Crippen molar-refractivity contribution in [2.75, 3.05) is 33.2 Å². The molecule has 2 aliphatic rings. The van der Waals surface area contributed by atoms with Gasteiger partial charge in [-0.15, -0.1) is 0 Å². The van der Waals surface area contributed by atoms with Crippen LogP contribution in [0.15, 0.2) is 41.5 Å². The molecule has 2 atom stereocenters. The number of carboxylic acids is 1. The molecule has 2 aromatic heterocycles. The molecule has 2 amide bonds. The first-order chi connectivity index (χ1) is 19.7. The number of aliphatic hydroxyl groups is 1. The molecule has 5 rings (SSSR count). The highest BCUT2D eigenvalue weighted by Gasteiger charge is 2.31. The predicted molar refractivity (Wildman–Crippen MR) is 153 cm³/mol. The van der Waals surface area contributed by atoms with Gasteiger partial charge in [0.15, 0.2) is 11.7 Å². The molecule has 41 heavy (non-hydrogen) atoms. The maximum absolute atomic E-state index is 13.2. The van der Waals surface area contributed by atoms with Crippen LogP contribution in [0, 0.1) is 0 Å². The molecular weight excluding hydrogens is 573 g/mol. The smallest absolute Gasteiger partial charge is 0.328 e. The van der Waals surface area contributed by atoms with Gasteiger partial charge in [0, 0.05) is 46.0 Å². The third-order valence-electron chi connectivity index (χ3n) is 7.25. The maximum atomic E-state index is 13.2. The number of benzene rings is 1. The number of carbonyl (C=O) groups is 3. The summed E-state index contributed by atoms with van der Waals surface area (Å²) in [4.78, 5) is 46.0. The number of hydrogen-bond donors (Lipinski definition) is 4. The second kappa shape index (κ2) is 11.9. The lowest BCUT2D eigenvalue weighted by Crippen LogP contribution is -2.51. The average Bonchev–Trinajstić information content (AvgIpc) is 3.58. The Bertz CT molecular complexity index is 1510. The zero-order valence-electron chi connectivity index (χ0n) is 22.2. The lowest BCUT2D eigenvalue weighted by Gasteiger charge is -2.30. The number of rotatable bonds is 6. The molecule has 1 unspecified atom stereocenters. The molecule has 2 aliphatic heterocycles. The van der Waals surface area contributed by atoms with Gasteiger partial charge < -0.3 is 30.6 Å². The number of aliphatic carboxylic acids is 1. The van der Waals surface area contributed by atoms with E-state index in [0.717, 1.165) is 5.52 Å². The monoisotopic (exact) mass is 601 g/mol. The second-order valence-corrected chi connectivity index (χ2v) is 10.7. The SMILES string of the molecule is CN=C(NCC(NC(=O)c1c(Cl)cc2c(c1Cl)CCN(C(=O)c1cc3ccccn3n1)C2)C(=O)O)N1CC[C@H](O)C1. The van der Waals surface area contributed by atoms with Gasteiger partial charge in [0.2, 0.25) is 0 Å². The van der Waals surface area contributed by atoms with Crippen LogP contribution >= 0.6 is 23.2 Å². The molecule has 0 saturated carbocycles. The molecule has 3 aromatic rings. The molecule has 14 heteroatoms. The number of carboxylic acid groups (broad SMARTS) is 1. The fourth-order valence-electron chi connectivity index (χ4n) is 5.13. The van der Waals surface area contributed by atoms with Crippen LogP contribution in [0.5, 0.6) is 0 Å². The molecule has 12 nitrogen and oxygen atoms in total. The number of hydrogen-bond acceptors (Lipinski definition) is 6. The molecule has 0 radical (unpaired) electrons. The molecule has 1 aromatic carbocycles. The number of β-amino-alcohol motifs (C(OH)–C–C–N with tert-alkyl or cyclic N) is 1. The van der Waals surface area contributed by atoms with Gasteiger partial charge in [0.1, 0.15) is 6.04 Å². The van der Waals surface area contributed by atoms with Gasteiger partial charge in [-0.1, -0.05) is 29.3 Å². The van der Waals surface area contributed by atoms with Crippen molar-refractivity contribution in [1.29, 1.82) is 0 Å². The molecular formula is C27H29Cl2N7O5. The molecule has 1 fully saturated rings. The number of likely N-dealkylation sites (tertiary alicyclic amines) is 1. The van der Waals surface area contributed by atoms with Crippen molar-refractivity contribution >= 4 is 52.5 Å². The number of aliphatic hydroxyl groups excluding tert-OH is 1. The zero-order valence-corrected chi connectivity index (χ0v) is 23.7. The van der Waals surface area contributed by atoms with Gasteiger partial charge in [0.25, 0.3) is 11.8 Å². The number of halogens is 2. The topological polar surface area (TPSA) is 152 Å². The predicted octanol–water partition coefficient (Wildman–Crippen LogP) is 1.66. The minimum atomic E-state index is -1.31. The minimum absolute atomic E-state index is 0.0227. The van der Waals surface area contributed by atoms with E-state index < -0.39 is 24.0 Å². The Kier molecular flexibility index (Phi) is 8.34. The van der Waals surface area contributed by atoms with Crippen LogP contribution in [0.3, 0.4) is 0 Å². The number of amides is 2. The Morgan fingerprint density at radius 3 is 2.68 bits per heavy atom. The van der Waals surface area contributed by atoms with E-state index in [2.05, 4.69) is 20.7 Å². The molecule has 4 heterocycles. The number of aliphatic imine (C=N–C) groups is 1. The molecule has 4 N–H and O–H groups in total. The van der Waals surface area contributed by atoms with Crippen LogP contribution < -0.4 is 10.6 Å². The van der Waals surface area contributed by atoms with Crippen molar-refractivity contribution in [2.45, 2.75) is 31.5 Å². The van der Waals surface area contributed by atoms with E-state index in [1.165, 1.54) is 0 Å². The quantitative estimate of drug-likeness (QED) is 0.246. The summed E-state index contributed by atoms with van der Waals surface area (Å²) in [5.74, 6) is -1.79. The van der Waals surface area contributed by atoms with Crippen LogP contribution in [0.4, 0.5) is 0 Å². The van der Waals surface area contributed by atoms with Crippen molar-refractivity contribution in [1.82, 2.24) is 30.0 Å². The Balaban J connectivity index is 1.28. The van der Waals surface area contributed by atoms with Crippen molar-refractivity contribution in [3.8, 4) is 0 Å². The van der Waals surface area contributed by atoms with E-state index in [-0.39, 0.29) is 34.6 Å². The van der Waals surface area contributed by atoms with Crippen molar-refractivity contribution in [2.24, 2.45) is 4.99 Å². The van der Waals surface area contributed by atoms with E-state index in [1.807, 2.05) is 23.1 Å². The molecule has 0 bridgehead atoms. The van der Waals surface area contributed by atoms with E-state index >= 15 is 0 Å². The molecule has 0 spiro atoms. The van der Waals surface area contributed by atoms with Gasteiger partial charge in [-0.2, -0.15) is 5.10 Å². The number of pyridine rings is 1. The van der Waals surface area contributed by atoms with E-state index in [1.54, 1.807) is 34.8 Å². The van der Waals surface area contributed by atoms with Crippen LogP contribution in [0.2, 0.25) is 10.0 Å². The fraction of sp³-hybridized carbons (Fsp3) is 0.370. The summed E-state index contributed by atoms with van der Waals surface area (Å²) >= 11 is 13.2. The second-order valence-electron chi connectivity index (χ2n) is 9.94. The fourth-order valence-corrected chi connectivity index (χ4v) is 5.89. The number of carbonyl (C=O) groups excluding carboxylic acids is 2. The summed E-state index contributed by atoms with van der Waals surface area (Å²) in [5.41, 5.74) is 2.48. The van der Waals surface area contributed by atoms with Gasteiger partial charge in [0.05, 0.1) is 27.2 Å². The van der Waals surface area contributed by atoms with Crippen molar-refractivity contribution < 1.29 is 24.6 Å². The van der Waals surface area contributed by atoms with Gasteiger partial charge >= 0.3 is 5.97 Å². The number of aromatic nitrogens is 2. The summed E-state index contributed by atoms with van der Waals surface area (Å²) in [6, 6.07) is 7.57. The number of fused-ring (bicyclic) bond motifs is 2. The molecule has 1 saturated heterocycles. The van der Waals surface area contributed by atoms with Crippen LogP contribution in [-0.2, 0) is 17.8 Å². The first kappa shape index (κ1) is 28.7. The van der Waals surface area contributed by atoms with Gasteiger partial charge in [-0.3, -0.25) is 14.6 Å². The maximum Gasteiger partial charge on any atom is 0.328 e. The average molecular weight is 602 g/mol. The highest BCUT2D eigenvalue weighted by atomic mass is 35.5. The Morgan fingerprint density at radius 1 is 1.20 bits per heavy atom. The summed E-state index contributed by atoms with van der Waals surface area (Å²) in [7, 11) is 1.56. The Labute approximate surface area is 245 Å². The standard InChI is InChI=1S/C27H29Cl2N7O5/c1-30-27(35-8-5-17(37)14-35)31-12-21(26(40)41)32-24(38)22-19(28)10-15-13-34(9-6-18(15)23(22)29)25(39)20-11-16-4-2-3-7-36(16)33-20/h2-4,7,10-11,17,21,37H,5-6,8-9,12-14H2,1H3,(H,30,31)(H,32,38)(H,40,41)/t17-,21?/m0/s1. The first-order valence-electron chi connectivity index (χ1n) is 13.1. The van der Waals surface area contributed by atoms with Gasteiger partial charge in [-0.25, -0.2) is 9.31 Å². The zero-order chi connectivity index (χ0) is 29.3. The largest absolute Gasteiger partial charge is 0.480 e. The highest BCUT2D eigenvalue weighted by Crippen LogP contribution is 2.35. The Hall–Kier alpha value is -3.87. The normalized spacial score (nSPS) is 17.9. The van der Waals surface area contributed by atoms with Gasteiger partial charge in [-0.05, 0) is 48.2 Å². The molecule has 0 aliphatic carbocycles. The number of guanidine groups is 1. The summed E-state index contributed by atoms with van der Waals surface area (Å²) in [5, 5.41) is 29.5. The van der Waals surface area contributed by atoms with Crippen LogP contribution in [0.25, 0.3) is 5.52 Å². The third kappa shape index (κ3) is 5.95. The summed E-state index contributed by atoms with van der Waals surface area (Å²) in [6.45, 7) is 1.39. The van der Waals surface area contributed by atoms with Crippen molar-refractivity contribution in [3.63, 3.8) is 0 Å². The lowest BCUT2D eigenvalue weighted by molar-refractivity contribution is -0.139. The minimum Gasteiger partial charge on any atom is -0.480 e. The highest BCUT2D eigenvalue weighted by molar-refractivity contribution is 6.40. The lowest BCUT2D eigenvalue weighted by atomic mass is 9.96. The molecule has 216 valence electrons. The number of nitrogens with one attached hydrogen (secondary N) is 2. The van der Waals surface area contributed by atoms with E-state index in [9.17, 15) is 24.6 Å². The first-order valence-corrected chi connectivity index (χ1v) is 13.8. The van der Waals surface area contributed by atoms with Crippen LogP contribution in [-0.4, -0.2) is 98.7 Å².